The topological polar surface area (TPSA) is 50.3 Å². The van der Waals surface area contributed by atoms with E-state index in [0.29, 0.717) is 11.9 Å². The first-order valence-electron chi connectivity index (χ1n) is 8.19. The van der Waals surface area contributed by atoms with E-state index in [9.17, 15) is 0 Å². The first-order valence-corrected chi connectivity index (χ1v) is 8.19. The minimum absolute atomic E-state index is 0.140. The fraction of sp³-hybridized carbons (Fsp3) is 0.750. The van der Waals surface area contributed by atoms with E-state index in [1.54, 1.807) is 0 Å². The molecule has 116 valence electrons. The maximum absolute atomic E-state index is 5.70. The lowest BCUT2D eigenvalue weighted by Gasteiger charge is -2.26. The van der Waals surface area contributed by atoms with Crippen LogP contribution in [0.25, 0.3) is 0 Å². The van der Waals surface area contributed by atoms with Crippen molar-refractivity contribution in [3.8, 4) is 5.88 Å². The number of ether oxygens (including phenoxy) is 1. The maximum Gasteiger partial charge on any atom is 0.228 e. The molecule has 2 fully saturated rings. The molecule has 3 rings (SSSR count). The largest absolute Gasteiger partial charge is 0.475 e. The summed E-state index contributed by atoms with van der Waals surface area (Å²) < 4.78 is 5.70. The van der Waals surface area contributed by atoms with Crippen LogP contribution in [0.4, 0.5) is 5.95 Å². The molecule has 1 aliphatic heterocycles. The molecule has 1 N–H and O–H groups in total. The van der Waals surface area contributed by atoms with Crippen LogP contribution < -0.4 is 15.0 Å². The lowest BCUT2D eigenvalue weighted by atomic mass is 10.2. The zero-order valence-electron chi connectivity index (χ0n) is 13.1. The van der Waals surface area contributed by atoms with Gasteiger partial charge in [0.15, 0.2) is 0 Å². The van der Waals surface area contributed by atoms with E-state index in [4.69, 9.17) is 4.74 Å². The van der Waals surface area contributed by atoms with Gasteiger partial charge in [-0.1, -0.05) is 0 Å². The Morgan fingerprint density at radius 3 is 2.86 bits per heavy atom. The third kappa shape index (κ3) is 4.30. The second-order valence-corrected chi connectivity index (χ2v) is 6.50. The van der Waals surface area contributed by atoms with Crippen molar-refractivity contribution in [2.75, 3.05) is 24.5 Å². The Labute approximate surface area is 127 Å². The number of hydrogen-bond donors (Lipinski definition) is 1. The molecule has 0 radical (unpaired) electrons. The summed E-state index contributed by atoms with van der Waals surface area (Å²) in [5, 5.41) is 3.57. The van der Waals surface area contributed by atoms with Crippen molar-refractivity contribution in [3.05, 3.63) is 12.3 Å². The number of nitrogens with zero attached hydrogens (tertiary/aromatic N) is 3. The number of hydrogen-bond acceptors (Lipinski definition) is 5. The molecular weight excluding hydrogens is 264 g/mol. The van der Waals surface area contributed by atoms with Gasteiger partial charge in [0, 0.05) is 31.4 Å². The summed E-state index contributed by atoms with van der Waals surface area (Å²) in [6, 6.07) is 2.41. The van der Waals surface area contributed by atoms with Crippen LogP contribution in [0.5, 0.6) is 5.88 Å². The second-order valence-electron chi connectivity index (χ2n) is 6.50. The molecule has 0 aromatic carbocycles. The van der Waals surface area contributed by atoms with Gasteiger partial charge < -0.3 is 15.0 Å². The van der Waals surface area contributed by atoms with E-state index in [1.807, 2.05) is 26.1 Å². The lowest BCUT2D eigenvalue weighted by Crippen LogP contribution is -2.39. The van der Waals surface area contributed by atoms with E-state index in [-0.39, 0.29) is 6.10 Å². The molecule has 2 aliphatic rings. The lowest BCUT2D eigenvalue weighted by molar-refractivity contribution is 0.232. The van der Waals surface area contributed by atoms with Crippen molar-refractivity contribution >= 4 is 5.95 Å². The summed E-state index contributed by atoms with van der Waals surface area (Å²) >= 11 is 0. The van der Waals surface area contributed by atoms with Crippen LogP contribution in [0.1, 0.15) is 39.5 Å². The molecule has 1 unspecified atom stereocenters. The van der Waals surface area contributed by atoms with Crippen LogP contribution >= 0.6 is 0 Å². The smallest absolute Gasteiger partial charge is 0.228 e. The number of anilines is 1. The summed E-state index contributed by atoms with van der Waals surface area (Å²) in [4.78, 5) is 11.4. The maximum atomic E-state index is 5.70. The molecule has 0 amide bonds. The predicted octanol–water partition coefficient (Wildman–Crippen LogP) is 2.23. The Kier molecular flexibility index (Phi) is 4.58. The molecule has 1 saturated heterocycles. The fourth-order valence-electron chi connectivity index (χ4n) is 2.82. The Bertz CT molecular complexity index is 455. The minimum atomic E-state index is 0.140. The minimum Gasteiger partial charge on any atom is -0.475 e. The van der Waals surface area contributed by atoms with Crippen LogP contribution in [-0.4, -0.2) is 41.7 Å². The van der Waals surface area contributed by atoms with E-state index in [2.05, 4.69) is 20.2 Å². The summed E-state index contributed by atoms with van der Waals surface area (Å²) in [7, 11) is 0. The summed E-state index contributed by atoms with van der Waals surface area (Å²) in [6.07, 6.45) is 7.17. The molecule has 0 spiro atoms. The highest BCUT2D eigenvalue weighted by molar-refractivity contribution is 5.33. The number of aromatic nitrogens is 2. The van der Waals surface area contributed by atoms with Crippen LogP contribution in [0.2, 0.25) is 0 Å². The summed E-state index contributed by atoms with van der Waals surface area (Å²) in [5.41, 5.74) is 0. The molecule has 1 aromatic rings. The van der Waals surface area contributed by atoms with Crippen LogP contribution in [0.15, 0.2) is 12.3 Å². The van der Waals surface area contributed by atoms with Crippen molar-refractivity contribution in [1.82, 2.24) is 15.3 Å². The molecule has 5 heteroatoms. The van der Waals surface area contributed by atoms with E-state index in [0.717, 1.165) is 31.5 Å². The van der Waals surface area contributed by atoms with Gasteiger partial charge in [0.2, 0.25) is 11.8 Å². The molecule has 5 nitrogen and oxygen atoms in total. The molecule has 1 aliphatic carbocycles. The average Bonchev–Trinajstić information content (AvgIpc) is 3.11. The zero-order valence-corrected chi connectivity index (χ0v) is 13.1. The van der Waals surface area contributed by atoms with Crippen LogP contribution in [-0.2, 0) is 0 Å². The van der Waals surface area contributed by atoms with Crippen molar-refractivity contribution in [2.45, 2.75) is 51.7 Å². The van der Waals surface area contributed by atoms with Gasteiger partial charge in [0.05, 0.1) is 6.10 Å². The average molecular weight is 290 g/mol. The van der Waals surface area contributed by atoms with Gasteiger partial charge in [-0.2, -0.15) is 4.98 Å². The van der Waals surface area contributed by atoms with Crippen molar-refractivity contribution < 1.29 is 4.74 Å². The Morgan fingerprint density at radius 1 is 1.33 bits per heavy atom. The van der Waals surface area contributed by atoms with E-state index in [1.165, 1.54) is 25.7 Å². The van der Waals surface area contributed by atoms with Gasteiger partial charge in [-0.15, -0.1) is 0 Å². The van der Waals surface area contributed by atoms with Gasteiger partial charge in [0.25, 0.3) is 0 Å². The SMILES string of the molecule is CC(C)Oc1ccnc(N(CC2CC2)CC2CCCN2)n1. The van der Waals surface area contributed by atoms with Gasteiger partial charge >= 0.3 is 0 Å². The summed E-state index contributed by atoms with van der Waals surface area (Å²) in [6.45, 7) is 7.25. The quantitative estimate of drug-likeness (QED) is 0.834. The monoisotopic (exact) mass is 290 g/mol. The second kappa shape index (κ2) is 6.60. The fourth-order valence-corrected chi connectivity index (χ4v) is 2.82. The molecule has 21 heavy (non-hydrogen) atoms. The van der Waals surface area contributed by atoms with Gasteiger partial charge in [-0.25, -0.2) is 4.98 Å². The highest BCUT2D eigenvalue weighted by atomic mass is 16.5. The van der Waals surface area contributed by atoms with E-state index < -0.39 is 0 Å². The van der Waals surface area contributed by atoms with Crippen molar-refractivity contribution in [3.63, 3.8) is 0 Å². The molecule has 1 aromatic heterocycles. The standard InChI is InChI=1S/C16H26N4O/c1-12(2)21-15-7-9-18-16(19-15)20(10-13-5-6-13)11-14-4-3-8-17-14/h7,9,12-14,17H,3-6,8,10-11H2,1-2H3. The number of nitrogens with one attached hydrogen (secondary N) is 1. The van der Waals surface area contributed by atoms with Gasteiger partial charge in [-0.3, -0.25) is 0 Å². The van der Waals surface area contributed by atoms with Gasteiger partial charge in [0.1, 0.15) is 0 Å². The first-order chi connectivity index (χ1) is 10.2. The van der Waals surface area contributed by atoms with Crippen molar-refractivity contribution in [1.29, 1.82) is 0 Å². The van der Waals surface area contributed by atoms with Gasteiger partial charge in [-0.05, 0) is 52.0 Å². The number of rotatable bonds is 7. The van der Waals surface area contributed by atoms with Crippen LogP contribution in [0.3, 0.4) is 0 Å². The third-order valence-electron chi connectivity index (χ3n) is 4.04. The molecular formula is C16H26N4O. The normalized spacial score (nSPS) is 21.8. The zero-order chi connectivity index (χ0) is 14.7. The first kappa shape index (κ1) is 14.6. The van der Waals surface area contributed by atoms with Crippen LogP contribution in [0, 0.1) is 5.92 Å². The molecule has 1 saturated carbocycles. The molecule has 2 heterocycles. The molecule has 1 atom stereocenters. The Hall–Kier alpha value is -1.36. The van der Waals surface area contributed by atoms with E-state index >= 15 is 0 Å². The Balaban J connectivity index is 1.70. The highest BCUT2D eigenvalue weighted by Crippen LogP contribution is 2.31. The van der Waals surface area contributed by atoms with Crippen molar-refractivity contribution in [2.24, 2.45) is 5.92 Å². The molecule has 0 bridgehead atoms. The predicted molar refractivity (Wildman–Crippen MR) is 83.8 cm³/mol. The summed E-state index contributed by atoms with van der Waals surface area (Å²) in [5.74, 6) is 2.31. The third-order valence-corrected chi connectivity index (χ3v) is 4.04. The highest BCUT2D eigenvalue weighted by Gasteiger charge is 2.28. The Morgan fingerprint density at radius 2 is 2.19 bits per heavy atom.